The fourth-order valence-electron chi connectivity index (χ4n) is 2.70. The second-order valence-electron chi connectivity index (χ2n) is 5.55. The SMILES string of the molecule is CCCOc1ccccc1-c1ccccc1CCn1ccnc1. The molecule has 118 valence electrons. The summed E-state index contributed by atoms with van der Waals surface area (Å²) in [6.45, 7) is 3.80. The zero-order chi connectivity index (χ0) is 15.9. The zero-order valence-electron chi connectivity index (χ0n) is 13.5. The fraction of sp³-hybridized carbons (Fsp3) is 0.250. The first-order valence-corrected chi connectivity index (χ1v) is 8.14. The minimum atomic E-state index is 0.744. The lowest BCUT2D eigenvalue weighted by molar-refractivity contribution is 0.318. The Morgan fingerprint density at radius 2 is 1.78 bits per heavy atom. The average Bonchev–Trinajstić information content (AvgIpc) is 3.12. The van der Waals surface area contributed by atoms with Crippen molar-refractivity contribution in [2.45, 2.75) is 26.3 Å². The van der Waals surface area contributed by atoms with E-state index in [9.17, 15) is 0 Å². The Morgan fingerprint density at radius 3 is 2.57 bits per heavy atom. The monoisotopic (exact) mass is 306 g/mol. The normalized spacial score (nSPS) is 10.7. The van der Waals surface area contributed by atoms with E-state index in [1.165, 1.54) is 16.7 Å². The van der Waals surface area contributed by atoms with Gasteiger partial charge in [-0.1, -0.05) is 49.4 Å². The van der Waals surface area contributed by atoms with Gasteiger partial charge in [0.2, 0.25) is 0 Å². The third-order valence-corrected chi connectivity index (χ3v) is 3.85. The second-order valence-corrected chi connectivity index (χ2v) is 5.55. The highest BCUT2D eigenvalue weighted by molar-refractivity contribution is 5.73. The standard InChI is InChI=1S/C20H22N2O/c1-2-15-23-20-10-6-5-9-19(20)18-8-4-3-7-17(18)11-13-22-14-12-21-16-22/h3-10,12,14,16H,2,11,13,15H2,1H3. The van der Waals surface area contributed by atoms with Crippen LogP contribution in [0.1, 0.15) is 18.9 Å². The molecule has 3 nitrogen and oxygen atoms in total. The van der Waals surface area contributed by atoms with Crippen molar-refractivity contribution < 1.29 is 4.74 Å². The molecule has 3 heteroatoms. The molecule has 0 unspecified atom stereocenters. The Kier molecular flexibility index (Phi) is 5.09. The second kappa shape index (κ2) is 7.63. The van der Waals surface area contributed by atoms with E-state index in [0.717, 1.165) is 31.7 Å². The number of para-hydroxylation sites is 1. The summed E-state index contributed by atoms with van der Waals surface area (Å²) in [6.07, 6.45) is 7.66. The summed E-state index contributed by atoms with van der Waals surface area (Å²) in [5, 5.41) is 0. The van der Waals surface area contributed by atoms with Crippen LogP contribution >= 0.6 is 0 Å². The predicted octanol–water partition coefficient (Wildman–Crippen LogP) is 4.58. The Bertz CT molecular complexity index is 735. The van der Waals surface area contributed by atoms with E-state index >= 15 is 0 Å². The van der Waals surface area contributed by atoms with Gasteiger partial charge in [-0.2, -0.15) is 0 Å². The summed E-state index contributed by atoms with van der Waals surface area (Å²) in [6, 6.07) is 16.9. The molecule has 0 bridgehead atoms. The topological polar surface area (TPSA) is 27.1 Å². The first kappa shape index (κ1) is 15.3. The van der Waals surface area contributed by atoms with Crippen LogP contribution in [0.2, 0.25) is 0 Å². The van der Waals surface area contributed by atoms with Gasteiger partial charge in [-0.05, 0) is 30.0 Å². The highest BCUT2D eigenvalue weighted by Crippen LogP contribution is 2.32. The van der Waals surface area contributed by atoms with Crippen LogP contribution in [0.4, 0.5) is 0 Å². The summed E-state index contributed by atoms with van der Waals surface area (Å²) in [5.41, 5.74) is 3.75. The number of aryl methyl sites for hydroxylation is 2. The van der Waals surface area contributed by atoms with Gasteiger partial charge in [-0.3, -0.25) is 0 Å². The lowest BCUT2D eigenvalue weighted by Gasteiger charge is -2.14. The van der Waals surface area contributed by atoms with Crippen molar-refractivity contribution in [1.29, 1.82) is 0 Å². The van der Waals surface area contributed by atoms with Crippen molar-refractivity contribution in [1.82, 2.24) is 9.55 Å². The van der Waals surface area contributed by atoms with E-state index in [2.05, 4.69) is 58.9 Å². The molecule has 0 saturated heterocycles. The maximum atomic E-state index is 5.93. The molecule has 3 aromatic rings. The van der Waals surface area contributed by atoms with E-state index in [1.807, 2.05) is 24.8 Å². The summed E-state index contributed by atoms with van der Waals surface area (Å²) in [5.74, 6) is 0.962. The maximum Gasteiger partial charge on any atom is 0.127 e. The van der Waals surface area contributed by atoms with E-state index < -0.39 is 0 Å². The van der Waals surface area contributed by atoms with Crippen molar-refractivity contribution in [2.24, 2.45) is 0 Å². The van der Waals surface area contributed by atoms with Crippen molar-refractivity contribution in [3.63, 3.8) is 0 Å². The van der Waals surface area contributed by atoms with Crippen LogP contribution in [-0.2, 0) is 13.0 Å². The van der Waals surface area contributed by atoms with Crippen LogP contribution in [0.15, 0.2) is 67.3 Å². The molecular weight excluding hydrogens is 284 g/mol. The number of nitrogens with zero attached hydrogens (tertiary/aromatic N) is 2. The first-order valence-electron chi connectivity index (χ1n) is 8.14. The number of hydrogen-bond acceptors (Lipinski definition) is 2. The highest BCUT2D eigenvalue weighted by Gasteiger charge is 2.10. The van der Waals surface area contributed by atoms with Gasteiger partial charge in [-0.15, -0.1) is 0 Å². The molecule has 2 aromatic carbocycles. The Labute approximate surface area is 137 Å². The molecule has 0 saturated carbocycles. The lowest BCUT2D eigenvalue weighted by Crippen LogP contribution is -2.01. The summed E-state index contributed by atoms with van der Waals surface area (Å²) < 4.78 is 8.04. The molecule has 1 heterocycles. The van der Waals surface area contributed by atoms with Gasteiger partial charge in [0.1, 0.15) is 5.75 Å². The predicted molar refractivity (Wildman–Crippen MR) is 93.6 cm³/mol. The molecule has 0 aliphatic heterocycles. The number of imidazole rings is 1. The molecule has 0 fully saturated rings. The summed E-state index contributed by atoms with van der Waals surface area (Å²) >= 11 is 0. The molecule has 23 heavy (non-hydrogen) atoms. The van der Waals surface area contributed by atoms with Crippen LogP contribution < -0.4 is 4.74 Å². The zero-order valence-corrected chi connectivity index (χ0v) is 13.5. The van der Waals surface area contributed by atoms with Crippen LogP contribution in [-0.4, -0.2) is 16.2 Å². The number of benzene rings is 2. The average molecular weight is 306 g/mol. The number of hydrogen-bond donors (Lipinski definition) is 0. The molecule has 0 atom stereocenters. The number of rotatable bonds is 7. The third kappa shape index (κ3) is 3.81. The summed E-state index contributed by atoms with van der Waals surface area (Å²) in [4.78, 5) is 4.11. The Balaban J connectivity index is 1.88. The fourth-order valence-corrected chi connectivity index (χ4v) is 2.70. The van der Waals surface area contributed by atoms with E-state index in [4.69, 9.17) is 4.74 Å². The van der Waals surface area contributed by atoms with E-state index in [-0.39, 0.29) is 0 Å². The van der Waals surface area contributed by atoms with Gasteiger partial charge in [0.05, 0.1) is 12.9 Å². The van der Waals surface area contributed by atoms with Gasteiger partial charge in [0.25, 0.3) is 0 Å². The Morgan fingerprint density at radius 1 is 1.00 bits per heavy atom. The van der Waals surface area contributed by atoms with Crippen LogP contribution in [0, 0.1) is 0 Å². The third-order valence-electron chi connectivity index (χ3n) is 3.85. The lowest BCUT2D eigenvalue weighted by atomic mass is 9.97. The molecule has 3 rings (SSSR count). The van der Waals surface area contributed by atoms with Gasteiger partial charge in [0.15, 0.2) is 0 Å². The molecule has 0 radical (unpaired) electrons. The molecule has 0 aliphatic carbocycles. The maximum absolute atomic E-state index is 5.93. The molecule has 0 spiro atoms. The highest BCUT2D eigenvalue weighted by atomic mass is 16.5. The van der Waals surface area contributed by atoms with Gasteiger partial charge >= 0.3 is 0 Å². The van der Waals surface area contributed by atoms with Crippen molar-refractivity contribution >= 4 is 0 Å². The minimum absolute atomic E-state index is 0.744. The van der Waals surface area contributed by atoms with E-state index in [0.29, 0.717) is 0 Å². The van der Waals surface area contributed by atoms with Crippen molar-refractivity contribution in [3.8, 4) is 16.9 Å². The van der Waals surface area contributed by atoms with Gasteiger partial charge < -0.3 is 9.30 Å². The smallest absolute Gasteiger partial charge is 0.127 e. The van der Waals surface area contributed by atoms with E-state index in [1.54, 1.807) is 0 Å². The summed E-state index contributed by atoms with van der Waals surface area (Å²) in [7, 11) is 0. The molecular formula is C20H22N2O. The van der Waals surface area contributed by atoms with Gasteiger partial charge in [0, 0.05) is 24.5 Å². The van der Waals surface area contributed by atoms with Crippen LogP contribution in [0.3, 0.4) is 0 Å². The van der Waals surface area contributed by atoms with Crippen molar-refractivity contribution in [3.05, 3.63) is 72.8 Å². The van der Waals surface area contributed by atoms with Gasteiger partial charge in [-0.25, -0.2) is 4.98 Å². The van der Waals surface area contributed by atoms with Crippen LogP contribution in [0.5, 0.6) is 5.75 Å². The molecule has 1 aromatic heterocycles. The first-order chi connectivity index (χ1) is 11.4. The minimum Gasteiger partial charge on any atom is -0.493 e. The largest absolute Gasteiger partial charge is 0.493 e. The molecule has 0 N–H and O–H groups in total. The Hall–Kier alpha value is -2.55. The number of aromatic nitrogens is 2. The van der Waals surface area contributed by atoms with Crippen LogP contribution in [0.25, 0.3) is 11.1 Å². The quantitative estimate of drug-likeness (QED) is 0.639. The number of ether oxygens (including phenoxy) is 1. The molecule has 0 amide bonds. The molecule has 0 aliphatic rings. The van der Waals surface area contributed by atoms with Crippen molar-refractivity contribution in [2.75, 3.05) is 6.61 Å².